The van der Waals surface area contributed by atoms with Gasteiger partial charge in [0.15, 0.2) is 0 Å². The Labute approximate surface area is 114 Å². The van der Waals surface area contributed by atoms with Gasteiger partial charge in [-0.05, 0) is 42.2 Å². The largest absolute Gasteiger partial charge is 0.384 e. The molecule has 0 heterocycles. The highest BCUT2D eigenvalue weighted by molar-refractivity contribution is 6.30. The number of hydrogen-bond acceptors (Lipinski definition) is 1. The molecular formula is C16H18ClN. The quantitative estimate of drug-likeness (QED) is 0.827. The highest BCUT2D eigenvalue weighted by atomic mass is 35.5. The molecule has 2 aromatic rings. The van der Waals surface area contributed by atoms with Gasteiger partial charge in [-0.15, -0.1) is 0 Å². The lowest BCUT2D eigenvalue weighted by atomic mass is 10.0. The number of aryl methyl sites for hydroxylation is 1. The van der Waals surface area contributed by atoms with Gasteiger partial charge in [0.1, 0.15) is 0 Å². The van der Waals surface area contributed by atoms with Gasteiger partial charge in [0.2, 0.25) is 0 Å². The van der Waals surface area contributed by atoms with Crippen LogP contribution >= 0.6 is 11.6 Å². The van der Waals surface area contributed by atoms with Crippen molar-refractivity contribution >= 4 is 17.3 Å². The van der Waals surface area contributed by atoms with E-state index >= 15 is 0 Å². The van der Waals surface area contributed by atoms with Gasteiger partial charge in [-0.25, -0.2) is 0 Å². The van der Waals surface area contributed by atoms with E-state index in [0.717, 1.165) is 17.3 Å². The fourth-order valence-corrected chi connectivity index (χ4v) is 2.21. The summed E-state index contributed by atoms with van der Waals surface area (Å²) in [5.74, 6) is 0.487. The van der Waals surface area contributed by atoms with Crippen LogP contribution in [0.4, 0.5) is 5.69 Å². The number of nitrogens with one attached hydrogen (secondary N) is 1. The Balaban J connectivity index is 1.99. The Hall–Kier alpha value is -1.47. The molecule has 1 N–H and O–H groups in total. The van der Waals surface area contributed by atoms with E-state index in [0.29, 0.717) is 5.92 Å². The lowest BCUT2D eigenvalue weighted by Crippen LogP contribution is -2.10. The summed E-state index contributed by atoms with van der Waals surface area (Å²) < 4.78 is 0. The minimum atomic E-state index is 0.487. The number of hydrogen-bond donors (Lipinski definition) is 1. The van der Waals surface area contributed by atoms with E-state index in [1.165, 1.54) is 11.1 Å². The predicted octanol–water partition coefficient (Wildman–Crippen LogP) is 4.86. The molecule has 0 aromatic heterocycles. The van der Waals surface area contributed by atoms with Crippen molar-refractivity contribution in [2.24, 2.45) is 0 Å². The SMILES string of the molecule is Cc1cc(Cl)ccc1NCC(C)c1ccccc1. The van der Waals surface area contributed by atoms with Crippen LogP contribution in [0.3, 0.4) is 0 Å². The minimum Gasteiger partial charge on any atom is -0.384 e. The van der Waals surface area contributed by atoms with Crippen molar-refractivity contribution in [1.29, 1.82) is 0 Å². The molecule has 0 radical (unpaired) electrons. The lowest BCUT2D eigenvalue weighted by Gasteiger charge is -2.15. The lowest BCUT2D eigenvalue weighted by molar-refractivity contribution is 0.804. The molecule has 1 atom stereocenters. The molecular weight excluding hydrogens is 242 g/mol. The van der Waals surface area contributed by atoms with E-state index in [9.17, 15) is 0 Å². The number of rotatable bonds is 4. The van der Waals surface area contributed by atoms with Crippen LogP contribution in [-0.2, 0) is 0 Å². The average molecular weight is 260 g/mol. The second-order valence-electron chi connectivity index (χ2n) is 4.65. The molecule has 1 nitrogen and oxygen atoms in total. The normalized spacial score (nSPS) is 12.2. The summed E-state index contributed by atoms with van der Waals surface area (Å²) in [6.45, 7) is 5.22. The summed E-state index contributed by atoms with van der Waals surface area (Å²) >= 11 is 5.95. The summed E-state index contributed by atoms with van der Waals surface area (Å²) in [5.41, 5.74) is 3.70. The molecule has 0 bridgehead atoms. The van der Waals surface area contributed by atoms with Crippen molar-refractivity contribution in [2.75, 3.05) is 11.9 Å². The zero-order chi connectivity index (χ0) is 13.0. The Morgan fingerprint density at radius 1 is 1.11 bits per heavy atom. The fraction of sp³-hybridized carbons (Fsp3) is 0.250. The van der Waals surface area contributed by atoms with Gasteiger partial charge >= 0.3 is 0 Å². The zero-order valence-electron chi connectivity index (χ0n) is 10.8. The third kappa shape index (κ3) is 3.27. The summed E-state index contributed by atoms with van der Waals surface area (Å²) in [6, 6.07) is 16.5. The predicted molar refractivity (Wildman–Crippen MR) is 79.5 cm³/mol. The van der Waals surface area contributed by atoms with Crippen LogP contribution in [0.1, 0.15) is 24.0 Å². The van der Waals surface area contributed by atoms with Gasteiger partial charge in [-0.2, -0.15) is 0 Å². The van der Waals surface area contributed by atoms with Gasteiger partial charge in [-0.3, -0.25) is 0 Å². The van der Waals surface area contributed by atoms with Gasteiger partial charge in [0.25, 0.3) is 0 Å². The van der Waals surface area contributed by atoms with E-state index < -0.39 is 0 Å². The van der Waals surface area contributed by atoms with E-state index in [-0.39, 0.29) is 0 Å². The molecule has 0 saturated heterocycles. The van der Waals surface area contributed by atoms with Crippen molar-refractivity contribution in [3.63, 3.8) is 0 Å². The molecule has 2 heteroatoms. The summed E-state index contributed by atoms with van der Waals surface area (Å²) in [4.78, 5) is 0. The van der Waals surface area contributed by atoms with Crippen LogP contribution in [-0.4, -0.2) is 6.54 Å². The molecule has 2 aromatic carbocycles. The first-order valence-corrected chi connectivity index (χ1v) is 6.59. The van der Waals surface area contributed by atoms with Crippen LogP contribution in [0.15, 0.2) is 48.5 Å². The van der Waals surface area contributed by atoms with Gasteiger partial charge < -0.3 is 5.32 Å². The van der Waals surface area contributed by atoms with Crippen molar-refractivity contribution in [3.05, 3.63) is 64.7 Å². The maximum Gasteiger partial charge on any atom is 0.0410 e. The molecule has 0 aliphatic heterocycles. The van der Waals surface area contributed by atoms with Crippen LogP contribution in [0, 0.1) is 6.92 Å². The Morgan fingerprint density at radius 3 is 2.50 bits per heavy atom. The van der Waals surface area contributed by atoms with Crippen LogP contribution in [0.5, 0.6) is 0 Å². The number of anilines is 1. The molecule has 2 rings (SSSR count). The summed E-state index contributed by atoms with van der Waals surface area (Å²) in [7, 11) is 0. The van der Waals surface area contributed by atoms with E-state index in [1.807, 2.05) is 24.3 Å². The van der Waals surface area contributed by atoms with Crippen LogP contribution < -0.4 is 5.32 Å². The van der Waals surface area contributed by atoms with Crippen molar-refractivity contribution in [2.45, 2.75) is 19.8 Å². The van der Waals surface area contributed by atoms with Crippen molar-refractivity contribution < 1.29 is 0 Å². The van der Waals surface area contributed by atoms with Gasteiger partial charge in [0.05, 0.1) is 0 Å². The van der Waals surface area contributed by atoms with E-state index in [4.69, 9.17) is 11.6 Å². The third-order valence-corrected chi connectivity index (χ3v) is 3.39. The number of halogens is 1. The molecule has 0 aliphatic carbocycles. The molecule has 0 fully saturated rings. The Kier molecular flexibility index (Phi) is 4.27. The Morgan fingerprint density at radius 2 is 1.83 bits per heavy atom. The first kappa shape index (κ1) is 13.0. The average Bonchev–Trinajstić information content (AvgIpc) is 2.38. The standard InChI is InChI=1S/C16H18ClN/c1-12-10-15(17)8-9-16(12)18-11-13(2)14-6-4-3-5-7-14/h3-10,13,18H,11H2,1-2H3. The second-order valence-corrected chi connectivity index (χ2v) is 5.09. The zero-order valence-corrected chi connectivity index (χ0v) is 11.5. The minimum absolute atomic E-state index is 0.487. The van der Waals surface area contributed by atoms with Crippen LogP contribution in [0.25, 0.3) is 0 Å². The summed E-state index contributed by atoms with van der Waals surface area (Å²) in [5, 5.41) is 4.27. The highest BCUT2D eigenvalue weighted by Gasteiger charge is 2.05. The van der Waals surface area contributed by atoms with E-state index in [2.05, 4.69) is 43.4 Å². The fourth-order valence-electron chi connectivity index (χ4n) is 1.99. The van der Waals surface area contributed by atoms with Gasteiger partial charge in [-0.1, -0.05) is 48.9 Å². The maximum absolute atomic E-state index is 5.95. The van der Waals surface area contributed by atoms with E-state index in [1.54, 1.807) is 0 Å². The molecule has 0 saturated carbocycles. The number of benzene rings is 2. The van der Waals surface area contributed by atoms with Gasteiger partial charge in [0, 0.05) is 17.3 Å². The summed E-state index contributed by atoms with van der Waals surface area (Å²) in [6.07, 6.45) is 0. The maximum atomic E-state index is 5.95. The molecule has 18 heavy (non-hydrogen) atoms. The molecule has 0 aliphatic rings. The Bertz CT molecular complexity index is 508. The first-order chi connectivity index (χ1) is 8.66. The molecule has 0 amide bonds. The van der Waals surface area contributed by atoms with Crippen molar-refractivity contribution in [1.82, 2.24) is 0 Å². The molecule has 94 valence electrons. The molecule has 0 spiro atoms. The molecule has 1 unspecified atom stereocenters. The second kappa shape index (κ2) is 5.92. The third-order valence-electron chi connectivity index (χ3n) is 3.16. The van der Waals surface area contributed by atoms with Crippen LogP contribution in [0.2, 0.25) is 5.02 Å². The first-order valence-electron chi connectivity index (χ1n) is 6.22. The monoisotopic (exact) mass is 259 g/mol. The topological polar surface area (TPSA) is 12.0 Å². The highest BCUT2D eigenvalue weighted by Crippen LogP contribution is 2.21. The smallest absolute Gasteiger partial charge is 0.0410 e. The van der Waals surface area contributed by atoms with Crippen molar-refractivity contribution in [3.8, 4) is 0 Å².